The second kappa shape index (κ2) is 8.52. The van der Waals surface area contributed by atoms with Gasteiger partial charge in [0.1, 0.15) is 0 Å². The van der Waals surface area contributed by atoms with E-state index in [1.165, 1.54) is 11.3 Å². The molecule has 10 heteroatoms. The van der Waals surface area contributed by atoms with Gasteiger partial charge in [0.25, 0.3) is 0 Å². The summed E-state index contributed by atoms with van der Waals surface area (Å²) in [5.74, 6) is -4.46. The Hall–Kier alpha value is -1.81. The van der Waals surface area contributed by atoms with Crippen LogP contribution >= 0.6 is 23.1 Å². The number of hydrogen-bond donors (Lipinski definition) is 2. The number of amides is 1. The zero-order valence-corrected chi connectivity index (χ0v) is 15.4. The summed E-state index contributed by atoms with van der Waals surface area (Å²) in [5, 5.41) is 13.3. The summed E-state index contributed by atoms with van der Waals surface area (Å²) in [6.07, 6.45) is 0. The number of halogens is 3. The van der Waals surface area contributed by atoms with Crippen LogP contribution in [0.2, 0.25) is 0 Å². The Morgan fingerprint density at radius 1 is 1.20 bits per heavy atom. The maximum atomic E-state index is 13.6. The Labute approximate surface area is 151 Å². The Balaban J connectivity index is 1.95. The molecule has 1 aromatic heterocycles. The first-order chi connectivity index (χ1) is 11.8. The van der Waals surface area contributed by atoms with Crippen LogP contribution in [0.5, 0.6) is 0 Å². The minimum atomic E-state index is -1.62. The van der Waals surface area contributed by atoms with Crippen molar-refractivity contribution in [3.63, 3.8) is 0 Å². The molecule has 1 amide bonds. The van der Waals surface area contributed by atoms with Crippen molar-refractivity contribution in [3.8, 4) is 0 Å². The minimum absolute atomic E-state index is 0.409. The average Bonchev–Trinajstić information content (AvgIpc) is 3.00. The summed E-state index contributed by atoms with van der Waals surface area (Å²) in [5.41, 5.74) is -0.409. The fourth-order valence-electron chi connectivity index (χ4n) is 1.68. The largest absolute Gasteiger partial charge is 0.360 e. The summed E-state index contributed by atoms with van der Waals surface area (Å²) < 4.78 is 40.3. The molecule has 0 spiro atoms. The zero-order valence-electron chi connectivity index (χ0n) is 13.8. The Kier molecular flexibility index (Phi) is 6.65. The molecule has 0 fully saturated rings. The highest BCUT2D eigenvalue weighted by molar-refractivity contribution is 8.02. The summed E-state index contributed by atoms with van der Waals surface area (Å²) >= 11 is 2.44. The molecule has 1 aromatic carbocycles. The Bertz CT molecular complexity index is 754. The van der Waals surface area contributed by atoms with Crippen LogP contribution in [0.15, 0.2) is 16.5 Å². The van der Waals surface area contributed by atoms with Crippen molar-refractivity contribution < 1.29 is 18.0 Å². The molecule has 2 rings (SSSR count). The van der Waals surface area contributed by atoms with E-state index in [1.54, 1.807) is 6.92 Å². The van der Waals surface area contributed by atoms with Crippen LogP contribution in [-0.2, 0) is 4.79 Å². The van der Waals surface area contributed by atoms with Crippen molar-refractivity contribution in [2.75, 3.05) is 17.2 Å². The van der Waals surface area contributed by atoms with E-state index in [0.29, 0.717) is 15.4 Å². The Morgan fingerprint density at radius 2 is 1.92 bits per heavy atom. The van der Waals surface area contributed by atoms with Crippen LogP contribution in [0.3, 0.4) is 0 Å². The number of nitrogens with zero attached hydrogens (tertiary/aromatic N) is 2. The molecule has 2 aromatic rings. The van der Waals surface area contributed by atoms with Crippen molar-refractivity contribution in [1.82, 2.24) is 10.2 Å². The van der Waals surface area contributed by atoms with Gasteiger partial charge < -0.3 is 10.6 Å². The van der Waals surface area contributed by atoms with Crippen LogP contribution in [0, 0.1) is 23.4 Å². The van der Waals surface area contributed by atoms with Crippen molar-refractivity contribution in [2.24, 2.45) is 5.92 Å². The number of benzene rings is 1. The molecular weight excluding hydrogens is 373 g/mol. The zero-order chi connectivity index (χ0) is 18.6. The first-order valence-electron chi connectivity index (χ1n) is 7.46. The second-order valence-electron chi connectivity index (χ2n) is 5.62. The summed E-state index contributed by atoms with van der Waals surface area (Å²) in [6.45, 7) is 6.48. The van der Waals surface area contributed by atoms with Crippen LogP contribution in [0.1, 0.15) is 20.8 Å². The van der Waals surface area contributed by atoms with Gasteiger partial charge in [-0.05, 0) is 25.0 Å². The molecule has 136 valence electrons. The van der Waals surface area contributed by atoms with Gasteiger partial charge in [-0.3, -0.25) is 4.79 Å². The molecule has 1 unspecified atom stereocenters. The van der Waals surface area contributed by atoms with Crippen molar-refractivity contribution in [1.29, 1.82) is 0 Å². The highest BCUT2D eigenvalue weighted by Crippen LogP contribution is 2.30. The summed E-state index contributed by atoms with van der Waals surface area (Å²) in [4.78, 5) is 12.1. The molecule has 2 N–H and O–H groups in total. The maximum absolute atomic E-state index is 13.6. The van der Waals surface area contributed by atoms with Crippen molar-refractivity contribution >= 4 is 39.8 Å². The number of hydrogen-bond acceptors (Lipinski definition) is 6. The summed E-state index contributed by atoms with van der Waals surface area (Å²) in [6, 6.07) is 1.73. The topological polar surface area (TPSA) is 66.9 Å². The van der Waals surface area contributed by atoms with E-state index >= 15 is 0 Å². The highest BCUT2D eigenvalue weighted by Gasteiger charge is 2.20. The number of thioether (sulfide) groups is 1. The van der Waals surface area contributed by atoms with E-state index in [1.807, 2.05) is 0 Å². The smallest absolute Gasteiger partial charge is 0.237 e. The minimum Gasteiger partial charge on any atom is -0.360 e. The fraction of sp³-hybridized carbons (Fsp3) is 0.400. The molecule has 1 atom stereocenters. The number of rotatable bonds is 7. The molecule has 25 heavy (non-hydrogen) atoms. The van der Waals surface area contributed by atoms with Crippen LogP contribution < -0.4 is 10.6 Å². The van der Waals surface area contributed by atoms with E-state index in [0.717, 1.165) is 30.4 Å². The van der Waals surface area contributed by atoms with Crippen LogP contribution in [-0.4, -0.2) is 27.9 Å². The number of aromatic nitrogens is 2. The van der Waals surface area contributed by atoms with E-state index in [2.05, 4.69) is 34.7 Å². The van der Waals surface area contributed by atoms with Gasteiger partial charge >= 0.3 is 0 Å². The van der Waals surface area contributed by atoms with Gasteiger partial charge in [-0.25, -0.2) is 13.2 Å². The maximum Gasteiger partial charge on any atom is 0.237 e. The molecular formula is C15H17F3N4OS2. The number of anilines is 2. The van der Waals surface area contributed by atoms with Crippen LogP contribution in [0.25, 0.3) is 0 Å². The molecule has 0 aliphatic carbocycles. The number of nitrogens with one attached hydrogen (secondary N) is 2. The lowest BCUT2D eigenvalue weighted by molar-refractivity contribution is -0.115. The average molecular weight is 390 g/mol. The SMILES string of the molecule is CC(C)CNc1nnc(SC(C)C(=O)Nc2ccc(F)c(F)c2F)s1. The van der Waals surface area contributed by atoms with Crippen molar-refractivity contribution in [3.05, 3.63) is 29.6 Å². The molecule has 5 nitrogen and oxygen atoms in total. The lowest BCUT2D eigenvalue weighted by Gasteiger charge is -2.11. The van der Waals surface area contributed by atoms with Crippen LogP contribution in [0.4, 0.5) is 24.0 Å². The normalized spacial score (nSPS) is 12.3. The fourth-order valence-corrected chi connectivity index (χ4v) is 3.58. The molecule has 0 aliphatic rings. The lowest BCUT2D eigenvalue weighted by atomic mass is 10.2. The third-order valence-electron chi connectivity index (χ3n) is 3.01. The monoisotopic (exact) mass is 390 g/mol. The summed E-state index contributed by atoms with van der Waals surface area (Å²) in [7, 11) is 0. The van der Waals surface area contributed by atoms with E-state index < -0.39 is 34.3 Å². The number of carbonyl (C=O) groups is 1. The van der Waals surface area contributed by atoms with E-state index in [4.69, 9.17) is 0 Å². The third kappa shape index (κ3) is 5.33. The van der Waals surface area contributed by atoms with Gasteiger partial charge in [0.15, 0.2) is 21.8 Å². The van der Waals surface area contributed by atoms with Gasteiger partial charge in [0.2, 0.25) is 11.0 Å². The Morgan fingerprint density at radius 3 is 2.60 bits per heavy atom. The van der Waals surface area contributed by atoms with Gasteiger partial charge in [0, 0.05) is 6.54 Å². The van der Waals surface area contributed by atoms with Gasteiger partial charge in [0.05, 0.1) is 10.9 Å². The standard InChI is InChI=1S/C15H17F3N4OS2/c1-7(2)6-19-14-21-22-15(25-14)24-8(3)13(23)20-10-5-4-9(16)11(17)12(10)18/h4-5,7-8H,6H2,1-3H3,(H,19,21)(H,20,23). The van der Waals surface area contributed by atoms with Gasteiger partial charge in [-0.2, -0.15) is 0 Å². The third-order valence-corrected chi connectivity index (χ3v) is 5.07. The molecule has 0 saturated carbocycles. The second-order valence-corrected chi connectivity index (χ2v) is 8.19. The molecule has 0 saturated heterocycles. The lowest BCUT2D eigenvalue weighted by Crippen LogP contribution is -2.23. The van der Waals surface area contributed by atoms with E-state index in [9.17, 15) is 18.0 Å². The predicted octanol–water partition coefficient (Wildman–Crippen LogP) is 4.14. The molecule has 0 aliphatic heterocycles. The molecule has 1 heterocycles. The predicted molar refractivity (Wildman–Crippen MR) is 93.5 cm³/mol. The quantitative estimate of drug-likeness (QED) is 0.549. The molecule has 0 bridgehead atoms. The first-order valence-corrected chi connectivity index (χ1v) is 9.16. The van der Waals surface area contributed by atoms with Crippen molar-refractivity contribution in [2.45, 2.75) is 30.4 Å². The highest BCUT2D eigenvalue weighted by atomic mass is 32.2. The van der Waals surface area contributed by atoms with Gasteiger partial charge in [-0.1, -0.05) is 36.9 Å². The van der Waals surface area contributed by atoms with E-state index in [-0.39, 0.29) is 0 Å². The number of carbonyl (C=O) groups excluding carboxylic acids is 1. The van der Waals surface area contributed by atoms with Gasteiger partial charge in [-0.15, -0.1) is 10.2 Å². The first kappa shape index (κ1) is 19.5. The molecule has 0 radical (unpaired) electrons.